The molecule has 0 atom stereocenters. The topological polar surface area (TPSA) is 103 Å². The molecule has 5 rings (SSSR count). The summed E-state index contributed by atoms with van der Waals surface area (Å²) in [5.74, 6) is 1.11. The molecule has 33 heavy (non-hydrogen) atoms. The lowest BCUT2D eigenvalue weighted by Gasteiger charge is -2.30. The molecule has 4 heterocycles. The maximum Gasteiger partial charge on any atom is 0.434 e. The third-order valence-corrected chi connectivity index (χ3v) is 5.80. The summed E-state index contributed by atoms with van der Waals surface area (Å²) in [5, 5.41) is 7.40. The number of nitrogens with one attached hydrogen (secondary N) is 1. The van der Waals surface area contributed by atoms with Crippen LogP contribution in [0.2, 0.25) is 0 Å². The number of halogens is 3. The SMILES string of the molecule is FC(F)(F)c1cnc(N[C@H]2CC[C@@H](Oc3nc(N4CCOCC4)cc4ncnn34)CC2)cn1. The quantitative estimate of drug-likeness (QED) is 0.610. The monoisotopic (exact) mass is 464 g/mol. The van der Waals surface area contributed by atoms with Gasteiger partial charge in [-0.25, -0.2) is 15.0 Å². The number of anilines is 2. The molecule has 0 aromatic carbocycles. The summed E-state index contributed by atoms with van der Waals surface area (Å²) in [6, 6.07) is 2.36. The Labute approximate surface area is 187 Å². The van der Waals surface area contributed by atoms with Crippen molar-refractivity contribution < 1.29 is 22.6 Å². The van der Waals surface area contributed by atoms with Crippen LogP contribution in [-0.4, -0.2) is 68.0 Å². The van der Waals surface area contributed by atoms with Gasteiger partial charge in [-0.3, -0.25) is 0 Å². The van der Waals surface area contributed by atoms with E-state index in [1.54, 1.807) is 4.52 Å². The van der Waals surface area contributed by atoms with Crippen LogP contribution in [0.1, 0.15) is 31.4 Å². The first kappa shape index (κ1) is 21.6. The Bertz CT molecular complexity index is 1080. The van der Waals surface area contributed by atoms with Gasteiger partial charge in [0, 0.05) is 25.2 Å². The standard InChI is InChI=1S/C20H23F3N8O2/c21-20(22,23)15-10-25-16(11-24-15)28-13-1-3-14(4-2-13)33-19-29-18(30-5-7-32-8-6-30)9-17-26-12-27-31(17)19/h9-14H,1-8H2,(H,25,28)/t13-,14+. The number of hydrogen-bond donors (Lipinski definition) is 1. The van der Waals surface area contributed by atoms with Crippen molar-refractivity contribution in [2.45, 2.75) is 44.0 Å². The van der Waals surface area contributed by atoms with E-state index in [1.165, 1.54) is 6.33 Å². The number of aromatic nitrogens is 6. The molecule has 1 aliphatic carbocycles. The van der Waals surface area contributed by atoms with Crippen molar-refractivity contribution in [2.24, 2.45) is 0 Å². The van der Waals surface area contributed by atoms with Gasteiger partial charge >= 0.3 is 12.2 Å². The van der Waals surface area contributed by atoms with E-state index < -0.39 is 11.9 Å². The lowest BCUT2D eigenvalue weighted by molar-refractivity contribution is -0.141. The Morgan fingerprint density at radius 3 is 2.52 bits per heavy atom. The van der Waals surface area contributed by atoms with Gasteiger partial charge in [0.05, 0.1) is 25.6 Å². The number of rotatable bonds is 5. The summed E-state index contributed by atoms with van der Waals surface area (Å²) in [4.78, 5) is 18.4. The molecule has 0 spiro atoms. The van der Waals surface area contributed by atoms with Gasteiger partial charge < -0.3 is 19.7 Å². The molecule has 2 aliphatic rings. The zero-order chi connectivity index (χ0) is 22.8. The van der Waals surface area contributed by atoms with Crippen LogP contribution >= 0.6 is 0 Å². The smallest absolute Gasteiger partial charge is 0.434 e. The highest BCUT2D eigenvalue weighted by atomic mass is 19.4. The van der Waals surface area contributed by atoms with E-state index >= 15 is 0 Å². The van der Waals surface area contributed by atoms with Crippen molar-refractivity contribution in [3.05, 3.63) is 30.5 Å². The predicted molar refractivity (Wildman–Crippen MR) is 111 cm³/mol. The highest BCUT2D eigenvalue weighted by Crippen LogP contribution is 2.29. The lowest BCUT2D eigenvalue weighted by Crippen LogP contribution is -2.37. The number of morpholine rings is 1. The van der Waals surface area contributed by atoms with Gasteiger partial charge in [-0.15, -0.1) is 0 Å². The summed E-state index contributed by atoms with van der Waals surface area (Å²) in [5.41, 5.74) is -0.339. The number of nitrogens with zero attached hydrogens (tertiary/aromatic N) is 7. The second kappa shape index (κ2) is 8.96. The highest BCUT2D eigenvalue weighted by Gasteiger charge is 2.33. The molecule has 0 unspecified atom stereocenters. The van der Waals surface area contributed by atoms with Gasteiger partial charge in [0.1, 0.15) is 24.1 Å². The number of hydrogen-bond acceptors (Lipinski definition) is 9. The molecule has 1 saturated heterocycles. The summed E-state index contributed by atoms with van der Waals surface area (Å²) >= 11 is 0. The molecule has 1 N–H and O–H groups in total. The fourth-order valence-corrected chi connectivity index (χ4v) is 4.05. The maximum absolute atomic E-state index is 12.6. The molecule has 2 fully saturated rings. The minimum Gasteiger partial charge on any atom is -0.460 e. The van der Waals surface area contributed by atoms with E-state index in [0.29, 0.717) is 30.7 Å². The fourth-order valence-electron chi connectivity index (χ4n) is 4.05. The van der Waals surface area contributed by atoms with Crippen molar-refractivity contribution >= 4 is 17.3 Å². The van der Waals surface area contributed by atoms with Crippen molar-refractivity contribution in [1.29, 1.82) is 0 Å². The second-order valence-electron chi connectivity index (χ2n) is 8.05. The lowest BCUT2D eigenvalue weighted by atomic mass is 9.93. The average molecular weight is 464 g/mol. The molecule has 1 saturated carbocycles. The number of ether oxygens (including phenoxy) is 2. The Morgan fingerprint density at radius 2 is 1.82 bits per heavy atom. The Balaban J connectivity index is 1.21. The summed E-state index contributed by atoms with van der Waals surface area (Å²) in [6.45, 7) is 2.80. The molecule has 176 valence electrons. The van der Waals surface area contributed by atoms with Gasteiger partial charge in [0.25, 0.3) is 0 Å². The molecule has 1 aliphatic heterocycles. The molecule has 0 bridgehead atoms. The van der Waals surface area contributed by atoms with Crippen molar-refractivity contribution in [3.63, 3.8) is 0 Å². The number of alkyl halides is 3. The molecule has 13 heteroatoms. The molecular formula is C20H23F3N8O2. The van der Waals surface area contributed by atoms with E-state index in [4.69, 9.17) is 9.47 Å². The zero-order valence-electron chi connectivity index (χ0n) is 17.7. The molecule has 10 nitrogen and oxygen atoms in total. The molecule has 0 radical (unpaired) electrons. The van der Waals surface area contributed by atoms with Crippen LogP contribution in [0.15, 0.2) is 24.8 Å². The first-order valence-corrected chi connectivity index (χ1v) is 10.8. The summed E-state index contributed by atoms with van der Waals surface area (Å²) < 4.78 is 51.2. The molecule has 3 aromatic rings. The van der Waals surface area contributed by atoms with E-state index in [9.17, 15) is 13.2 Å². The van der Waals surface area contributed by atoms with Gasteiger partial charge in [-0.1, -0.05) is 0 Å². The largest absolute Gasteiger partial charge is 0.460 e. The van der Waals surface area contributed by atoms with Crippen LogP contribution in [0.3, 0.4) is 0 Å². The Hall–Kier alpha value is -3.22. The summed E-state index contributed by atoms with van der Waals surface area (Å²) in [7, 11) is 0. The van der Waals surface area contributed by atoms with Crippen LogP contribution < -0.4 is 15.0 Å². The molecule has 3 aromatic heterocycles. The second-order valence-corrected chi connectivity index (χ2v) is 8.05. The third-order valence-electron chi connectivity index (χ3n) is 5.80. The van der Waals surface area contributed by atoms with Crippen molar-refractivity contribution in [2.75, 3.05) is 36.5 Å². The van der Waals surface area contributed by atoms with E-state index in [-0.39, 0.29) is 12.1 Å². The van der Waals surface area contributed by atoms with Gasteiger partial charge in [-0.2, -0.15) is 27.8 Å². The van der Waals surface area contributed by atoms with Crippen LogP contribution in [0.5, 0.6) is 6.01 Å². The number of fused-ring (bicyclic) bond motifs is 1. The highest BCUT2D eigenvalue weighted by molar-refractivity contribution is 5.52. The molecule has 0 amide bonds. The van der Waals surface area contributed by atoms with Crippen LogP contribution in [0.4, 0.5) is 24.8 Å². The van der Waals surface area contributed by atoms with E-state index in [1.807, 2.05) is 6.07 Å². The fraction of sp³-hybridized carbons (Fsp3) is 0.550. The van der Waals surface area contributed by atoms with E-state index in [2.05, 4.69) is 35.3 Å². The van der Waals surface area contributed by atoms with Crippen molar-refractivity contribution in [3.8, 4) is 6.01 Å². The van der Waals surface area contributed by atoms with Gasteiger partial charge in [0.15, 0.2) is 11.3 Å². The minimum atomic E-state index is -4.50. The van der Waals surface area contributed by atoms with Crippen LogP contribution in [0, 0.1) is 0 Å². The average Bonchev–Trinajstić information content (AvgIpc) is 3.30. The third kappa shape index (κ3) is 4.92. The maximum atomic E-state index is 12.6. The first-order chi connectivity index (χ1) is 16.0. The molecular weight excluding hydrogens is 441 g/mol. The Morgan fingerprint density at radius 1 is 1.03 bits per heavy atom. The van der Waals surface area contributed by atoms with Crippen LogP contribution in [0.25, 0.3) is 5.65 Å². The zero-order valence-corrected chi connectivity index (χ0v) is 17.7. The van der Waals surface area contributed by atoms with Crippen molar-refractivity contribution in [1.82, 2.24) is 29.5 Å². The van der Waals surface area contributed by atoms with Crippen LogP contribution in [-0.2, 0) is 10.9 Å². The summed E-state index contributed by atoms with van der Waals surface area (Å²) in [6.07, 6.45) is 1.84. The van der Waals surface area contributed by atoms with Gasteiger partial charge in [-0.05, 0) is 25.7 Å². The first-order valence-electron chi connectivity index (χ1n) is 10.8. The van der Waals surface area contributed by atoms with E-state index in [0.717, 1.165) is 57.0 Å². The normalized spacial score (nSPS) is 21.8. The minimum absolute atomic E-state index is 0.0541. The van der Waals surface area contributed by atoms with Gasteiger partial charge in [0.2, 0.25) is 0 Å². The Kier molecular flexibility index (Phi) is 5.87. The predicted octanol–water partition coefficient (Wildman–Crippen LogP) is 2.57.